The molecule has 1 N–H and O–H groups in total. The van der Waals surface area contributed by atoms with Gasteiger partial charge in [0.2, 0.25) is 0 Å². The molecule has 0 aliphatic carbocycles. The maximum absolute atomic E-state index is 13.5. The molecule has 0 aromatic heterocycles. The number of non-ortho nitro benzene ring substituents is 1. The van der Waals surface area contributed by atoms with E-state index < -0.39 is 26.6 Å². The normalized spacial score (nSPS) is 13.0. The van der Waals surface area contributed by atoms with Crippen molar-refractivity contribution in [2.24, 2.45) is 0 Å². The lowest BCUT2D eigenvalue weighted by molar-refractivity contribution is -0.384. The molecule has 0 fully saturated rings. The van der Waals surface area contributed by atoms with E-state index in [-0.39, 0.29) is 22.9 Å². The lowest BCUT2D eigenvalue weighted by Crippen LogP contribution is -2.27. The predicted molar refractivity (Wildman–Crippen MR) is 70.5 cm³/mol. The van der Waals surface area contributed by atoms with Crippen LogP contribution in [0.5, 0.6) is 0 Å². The molecule has 1 atom stereocenters. The maximum atomic E-state index is 13.5. The smallest absolute Gasteiger partial charge is 0.271 e. The summed E-state index contributed by atoms with van der Waals surface area (Å²) in [5.74, 6) is -0.825. The summed E-state index contributed by atoms with van der Waals surface area (Å²) in [6.07, 6.45) is 0. The minimum Gasteiger partial charge on any atom is -0.379 e. The molecular formula is C11H15FN2O4S. The van der Waals surface area contributed by atoms with Crippen molar-refractivity contribution in [1.82, 2.24) is 0 Å². The monoisotopic (exact) mass is 290 g/mol. The average molecular weight is 290 g/mol. The minimum atomic E-state index is -3.20. The second kappa shape index (κ2) is 5.96. The second-order valence-electron chi connectivity index (χ2n) is 4.17. The first-order valence-corrected chi connectivity index (χ1v) is 7.48. The Labute approximate surface area is 110 Å². The Morgan fingerprint density at radius 3 is 2.63 bits per heavy atom. The molecule has 0 saturated carbocycles. The van der Waals surface area contributed by atoms with Gasteiger partial charge in [-0.15, -0.1) is 0 Å². The third-order valence-corrected chi connectivity index (χ3v) is 4.39. The molecule has 0 heterocycles. The molecule has 8 heteroatoms. The number of rotatable bonds is 6. The fourth-order valence-electron chi connectivity index (χ4n) is 1.54. The van der Waals surface area contributed by atoms with Crippen LogP contribution < -0.4 is 5.32 Å². The summed E-state index contributed by atoms with van der Waals surface area (Å²) in [6, 6.07) is 2.53. The Kier molecular flexibility index (Phi) is 4.82. The van der Waals surface area contributed by atoms with Crippen LogP contribution in [-0.2, 0) is 9.84 Å². The van der Waals surface area contributed by atoms with Gasteiger partial charge in [-0.05, 0) is 13.0 Å². The van der Waals surface area contributed by atoms with Crippen LogP contribution in [0, 0.1) is 15.9 Å². The molecule has 1 aromatic rings. The zero-order valence-corrected chi connectivity index (χ0v) is 11.4. The van der Waals surface area contributed by atoms with Gasteiger partial charge in [0.25, 0.3) is 5.69 Å². The fraction of sp³-hybridized carbons (Fsp3) is 0.455. The number of nitrogens with one attached hydrogen (secondary N) is 1. The lowest BCUT2D eigenvalue weighted by Gasteiger charge is -2.15. The summed E-state index contributed by atoms with van der Waals surface area (Å²) in [5.41, 5.74) is -0.331. The van der Waals surface area contributed by atoms with Crippen LogP contribution in [0.25, 0.3) is 0 Å². The van der Waals surface area contributed by atoms with E-state index in [0.29, 0.717) is 0 Å². The van der Waals surface area contributed by atoms with Crippen LogP contribution in [0.3, 0.4) is 0 Å². The van der Waals surface area contributed by atoms with Gasteiger partial charge in [-0.25, -0.2) is 12.8 Å². The van der Waals surface area contributed by atoms with Crippen LogP contribution >= 0.6 is 0 Å². The molecular weight excluding hydrogens is 275 g/mol. The predicted octanol–water partition coefficient (Wildman–Crippen LogP) is 1.97. The molecule has 1 unspecified atom stereocenters. The van der Waals surface area contributed by atoms with Crippen molar-refractivity contribution in [3.8, 4) is 0 Å². The number of nitro groups is 1. The van der Waals surface area contributed by atoms with Crippen molar-refractivity contribution in [2.45, 2.75) is 19.9 Å². The van der Waals surface area contributed by atoms with E-state index in [1.54, 1.807) is 6.92 Å². The molecule has 0 saturated heterocycles. The minimum absolute atomic E-state index is 0.00353. The molecule has 1 aromatic carbocycles. The third-order valence-electron chi connectivity index (χ3n) is 2.51. The number of halogens is 1. The summed E-state index contributed by atoms with van der Waals surface area (Å²) in [7, 11) is -3.20. The Hall–Kier alpha value is -1.70. The van der Waals surface area contributed by atoms with E-state index in [1.807, 2.05) is 0 Å². The first-order chi connectivity index (χ1) is 8.75. The topological polar surface area (TPSA) is 89.3 Å². The summed E-state index contributed by atoms with van der Waals surface area (Å²) < 4.78 is 36.3. The van der Waals surface area contributed by atoms with Gasteiger partial charge in [0.1, 0.15) is 5.82 Å². The standard InChI is InChI=1S/C11H15FN2O4S/c1-3-19(17,18)7-8(2)13-11-6-9(14(15)16)4-5-10(11)12/h4-6,8,13H,3,7H2,1-2H3. The third kappa shape index (κ3) is 4.47. The summed E-state index contributed by atoms with van der Waals surface area (Å²) in [4.78, 5) is 9.94. The van der Waals surface area contributed by atoms with E-state index in [0.717, 1.165) is 18.2 Å². The Morgan fingerprint density at radius 1 is 1.47 bits per heavy atom. The summed E-state index contributed by atoms with van der Waals surface area (Å²) in [6.45, 7) is 3.10. The van der Waals surface area contributed by atoms with Gasteiger partial charge in [0, 0.05) is 23.9 Å². The largest absolute Gasteiger partial charge is 0.379 e. The van der Waals surface area contributed by atoms with Gasteiger partial charge in [0.15, 0.2) is 9.84 Å². The van der Waals surface area contributed by atoms with Crippen molar-refractivity contribution in [1.29, 1.82) is 0 Å². The summed E-state index contributed by atoms with van der Waals surface area (Å²) in [5, 5.41) is 13.2. The number of sulfone groups is 1. The van der Waals surface area contributed by atoms with Gasteiger partial charge in [-0.2, -0.15) is 0 Å². The first kappa shape index (κ1) is 15.4. The van der Waals surface area contributed by atoms with E-state index in [9.17, 15) is 22.9 Å². The fourth-order valence-corrected chi connectivity index (χ4v) is 2.62. The van der Waals surface area contributed by atoms with E-state index in [4.69, 9.17) is 0 Å². The highest BCUT2D eigenvalue weighted by Gasteiger charge is 2.16. The Bertz CT molecular complexity index is 574. The van der Waals surface area contributed by atoms with E-state index >= 15 is 0 Å². The molecule has 19 heavy (non-hydrogen) atoms. The zero-order valence-electron chi connectivity index (χ0n) is 10.6. The molecule has 0 bridgehead atoms. The number of benzene rings is 1. The molecule has 0 amide bonds. The maximum Gasteiger partial charge on any atom is 0.271 e. The van der Waals surface area contributed by atoms with E-state index in [2.05, 4.69) is 5.32 Å². The zero-order chi connectivity index (χ0) is 14.6. The van der Waals surface area contributed by atoms with Crippen molar-refractivity contribution in [2.75, 3.05) is 16.8 Å². The van der Waals surface area contributed by atoms with Gasteiger partial charge in [-0.1, -0.05) is 6.92 Å². The molecule has 106 valence electrons. The number of nitro benzene ring substituents is 1. The molecule has 0 radical (unpaired) electrons. The van der Waals surface area contributed by atoms with Gasteiger partial charge < -0.3 is 5.32 Å². The van der Waals surface area contributed by atoms with Crippen molar-refractivity contribution in [3.63, 3.8) is 0 Å². The Morgan fingerprint density at radius 2 is 2.11 bits per heavy atom. The average Bonchev–Trinajstić information content (AvgIpc) is 2.31. The molecule has 6 nitrogen and oxygen atoms in total. The quantitative estimate of drug-likeness (QED) is 0.639. The SMILES string of the molecule is CCS(=O)(=O)CC(C)Nc1cc([N+](=O)[O-])ccc1F. The number of nitrogens with zero attached hydrogens (tertiary/aromatic N) is 1. The van der Waals surface area contributed by atoms with Crippen molar-refractivity contribution in [3.05, 3.63) is 34.1 Å². The highest BCUT2D eigenvalue weighted by atomic mass is 32.2. The Balaban J connectivity index is 2.87. The van der Waals surface area contributed by atoms with Crippen molar-refractivity contribution >= 4 is 21.2 Å². The highest BCUT2D eigenvalue weighted by Crippen LogP contribution is 2.22. The molecule has 0 aliphatic heterocycles. The van der Waals surface area contributed by atoms with Crippen LogP contribution in [0.4, 0.5) is 15.8 Å². The van der Waals surface area contributed by atoms with Crippen LogP contribution in [0.1, 0.15) is 13.8 Å². The second-order valence-corrected chi connectivity index (χ2v) is 6.56. The van der Waals surface area contributed by atoms with Gasteiger partial charge >= 0.3 is 0 Å². The van der Waals surface area contributed by atoms with Crippen LogP contribution in [0.2, 0.25) is 0 Å². The molecule has 0 aliphatic rings. The highest BCUT2D eigenvalue weighted by molar-refractivity contribution is 7.91. The van der Waals surface area contributed by atoms with Crippen molar-refractivity contribution < 1.29 is 17.7 Å². The van der Waals surface area contributed by atoms with Crippen LogP contribution in [0.15, 0.2) is 18.2 Å². The van der Waals surface area contributed by atoms with Gasteiger partial charge in [-0.3, -0.25) is 10.1 Å². The van der Waals surface area contributed by atoms with Crippen LogP contribution in [-0.4, -0.2) is 30.9 Å². The first-order valence-electron chi connectivity index (χ1n) is 5.66. The van der Waals surface area contributed by atoms with Gasteiger partial charge in [0.05, 0.1) is 16.4 Å². The summed E-state index contributed by atoms with van der Waals surface area (Å²) >= 11 is 0. The number of hydrogen-bond donors (Lipinski definition) is 1. The number of anilines is 1. The molecule has 0 spiro atoms. The lowest BCUT2D eigenvalue weighted by atomic mass is 10.2. The van der Waals surface area contributed by atoms with E-state index in [1.165, 1.54) is 6.92 Å². The number of hydrogen-bond acceptors (Lipinski definition) is 5. The molecule has 1 rings (SSSR count).